The third kappa shape index (κ3) is 0.904. The first-order chi connectivity index (χ1) is 5.63. The van der Waals surface area contributed by atoms with E-state index in [-0.39, 0.29) is 11.4 Å². The van der Waals surface area contributed by atoms with E-state index in [0.29, 0.717) is 18.9 Å². The van der Waals surface area contributed by atoms with Gasteiger partial charge in [-0.1, -0.05) is 19.1 Å². The van der Waals surface area contributed by atoms with Gasteiger partial charge in [-0.3, -0.25) is 4.79 Å². The number of ether oxygens (including phenoxy) is 1. The van der Waals surface area contributed by atoms with Crippen LogP contribution in [0.5, 0.6) is 0 Å². The first kappa shape index (κ1) is 7.84. The van der Waals surface area contributed by atoms with Gasteiger partial charge in [-0.05, 0) is 18.8 Å². The van der Waals surface area contributed by atoms with Crippen molar-refractivity contribution in [1.29, 1.82) is 0 Å². The molecular formula is C10H14O2. The molecule has 66 valence electrons. The highest BCUT2D eigenvalue weighted by Gasteiger charge is 2.46. The lowest BCUT2D eigenvalue weighted by molar-refractivity contribution is -0.155. The van der Waals surface area contributed by atoms with E-state index < -0.39 is 0 Å². The SMILES string of the molecule is C=C1CC[C@@H]2CC(=O)OC[C@@]12C. The summed E-state index contributed by atoms with van der Waals surface area (Å²) in [5.41, 5.74) is 1.36. The van der Waals surface area contributed by atoms with E-state index in [9.17, 15) is 4.79 Å². The van der Waals surface area contributed by atoms with Crippen LogP contribution in [0.4, 0.5) is 0 Å². The number of hydrogen-bond acceptors (Lipinski definition) is 2. The fraction of sp³-hybridized carbons (Fsp3) is 0.700. The Labute approximate surface area is 72.6 Å². The molecule has 0 aromatic rings. The van der Waals surface area contributed by atoms with E-state index in [1.54, 1.807) is 0 Å². The van der Waals surface area contributed by atoms with Gasteiger partial charge in [0.25, 0.3) is 0 Å². The minimum absolute atomic E-state index is 0.0350. The van der Waals surface area contributed by atoms with Crippen molar-refractivity contribution in [3.63, 3.8) is 0 Å². The standard InChI is InChI=1S/C10H14O2/c1-7-3-4-8-5-9(11)12-6-10(7,8)2/h8H,1,3-6H2,2H3/t8-,10+/m1/s1. The van der Waals surface area contributed by atoms with Crippen molar-refractivity contribution in [3.05, 3.63) is 12.2 Å². The maximum atomic E-state index is 11.0. The Morgan fingerprint density at radius 3 is 3.17 bits per heavy atom. The summed E-state index contributed by atoms with van der Waals surface area (Å²) in [6, 6.07) is 0. The number of carbonyl (C=O) groups is 1. The first-order valence-electron chi connectivity index (χ1n) is 4.47. The Bertz CT molecular complexity index is 244. The number of fused-ring (bicyclic) bond motifs is 1. The first-order valence-corrected chi connectivity index (χ1v) is 4.47. The second-order valence-electron chi connectivity index (χ2n) is 4.12. The van der Waals surface area contributed by atoms with E-state index in [0.717, 1.165) is 12.8 Å². The molecule has 2 atom stereocenters. The lowest BCUT2D eigenvalue weighted by Gasteiger charge is -2.35. The molecule has 2 aliphatic rings. The second kappa shape index (κ2) is 2.35. The topological polar surface area (TPSA) is 26.3 Å². The minimum atomic E-state index is -0.0350. The summed E-state index contributed by atoms with van der Waals surface area (Å²) in [6.07, 6.45) is 2.78. The minimum Gasteiger partial charge on any atom is -0.465 e. The van der Waals surface area contributed by atoms with Gasteiger partial charge < -0.3 is 4.74 Å². The second-order valence-corrected chi connectivity index (χ2v) is 4.12. The molecule has 2 rings (SSSR count). The monoisotopic (exact) mass is 166 g/mol. The zero-order chi connectivity index (χ0) is 8.77. The van der Waals surface area contributed by atoms with E-state index >= 15 is 0 Å². The van der Waals surface area contributed by atoms with Crippen LogP contribution in [0.15, 0.2) is 12.2 Å². The van der Waals surface area contributed by atoms with Gasteiger partial charge in [0.15, 0.2) is 0 Å². The van der Waals surface area contributed by atoms with Crippen LogP contribution < -0.4 is 0 Å². The van der Waals surface area contributed by atoms with Gasteiger partial charge in [0, 0.05) is 11.8 Å². The van der Waals surface area contributed by atoms with Crippen molar-refractivity contribution >= 4 is 5.97 Å². The molecule has 1 aliphatic carbocycles. The Hall–Kier alpha value is -0.790. The molecule has 0 aromatic heterocycles. The predicted octanol–water partition coefficient (Wildman–Crippen LogP) is 1.91. The average Bonchev–Trinajstić information content (AvgIpc) is 2.31. The van der Waals surface area contributed by atoms with Gasteiger partial charge in [0.2, 0.25) is 0 Å². The van der Waals surface area contributed by atoms with Gasteiger partial charge in [-0.15, -0.1) is 0 Å². The number of carbonyl (C=O) groups excluding carboxylic acids is 1. The highest BCUT2D eigenvalue weighted by molar-refractivity contribution is 5.71. The Morgan fingerprint density at radius 1 is 1.67 bits per heavy atom. The molecule has 0 radical (unpaired) electrons. The predicted molar refractivity (Wildman–Crippen MR) is 45.5 cm³/mol. The molecule has 0 bridgehead atoms. The molecule has 1 heterocycles. The van der Waals surface area contributed by atoms with Crippen LogP contribution in [0.25, 0.3) is 0 Å². The van der Waals surface area contributed by atoms with Crippen molar-refractivity contribution < 1.29 is 9.53 Å². The Balaban J connectivity index is 2.24. The highest BCUT2D eigenvalue weighted by atomic mass is 16.5. The van der Waals surface area contributed by atoms with E-state index in [1.165, 1.54) is 5.57 Å². The largest absolute Gasteiger partial charge is 0.465 e. The maximum absolute atomic E-state index is 11.0. The van der Waals surface area contributed by atoms with Crippen molar-refractivity contribution in [2.45, 2.75) is 26.2 Å². The summed E-state index contributed by atoms with van der Waals surface area (Å²) < 4.78 is 5.07. The Morgan fingerprint density at radius 2 is 2.42 bits per heavy atom. The van der Waals surface area contributed by atoms with Gasteiger partial charge in [-0.25, -0.2) is 0 Å². The summed E-state index contributed by atoms with van der Waals surface area (Å²) in [5.74, 6) is 0.457. The smallest absolute Gasteiger partial charge is 0.306 e. The highest BCUT2D eigenvalue weighted by Crippen LogP contribution is 2.50. The van der Waals surface area contributed by atoms with Crippen LogP contribution in [-0.2, 0) is 9.53 Å². The lowest BCUT2D eigenvalue weighted by atomic mass is 9.75. The molecule has 2 nitrogen and oxygen atoms in total. The normalized spacial score (nSPS) is 40.9. The van der Waals surface area contributed by atoms with Gasteiger partial charge in [0.05, 0.1) is 0 Å². The van der Waals surface area contributed by atoms with Crippen LogP contribution in [0, 0.1) is 11.3 Å². The summed E-state index contributed by atoms with van der Waals surface area (Å²) in [7, 11) is 0. The quantitative estimate of drug-likeness (QED) is 0.406. The average molecular weight is 166 g/mol. The summed E-state index contributed by atoms with van der Waals surface area (Å²) in [5, 5.41) is 0. The number of hydrogen-bond donors (Lipinski definition) is 0. The third-order valence-electron chi connectivity index (χ3n) is 3.45. The van der Waals surface area contributed by atoms with Crippen LogP contribution in [0.1, 0.15) is 26.2 Å². The van der Waals surface area contributed by atoms with Crippen LogP contribution in [0.2, 0.25) is 0 Å². The van der Waals surface area contributed by atoms with Crippen LogP contribution >= 0.6 is 0 Å². The summed E-state index contributed by atoms with van der Waals surface area (Å²) in [6.45, 7) is 6.76. The zero-order valence-electron chi connectivity index (χ0n) is 7.43. The molecule has 0 spiro atoms. The van der Waals surface area contributed by atoms with Crippen molar-refractivity contribution in [1.82, 2.24) is 0 Å². The van der Waals surface area contributed by atoms with Crippen molar-refractivity contribution in [2.24, 2.45) is 11.3 Å². The summed E-state index contributed by atoms with van der Waals surface area (Å²) >= 11 is 0. The zero-order valence-corrected chi connectivity index (χ0v) is 7.43. The van der Waals surface area contributed by atoms with Crippen molar-refractivity contribution in [3.8, 4) is 0 Å². The van der Waals surface area contributed by atoms with Crippen LogP contribution in [-0.4, -0.2) is 12.6 Å². The molecule has 0 amide bonds. The molecule has 1 aliphatic heterocycles. The maximum Gasteiger partial charge on any atom is 0.306 e. The number of esters is 1. The van der Waals surface area contributed by atoms with E-state index in [2.05, 4.69) is 13.5 Å². The van der Waals surface area contributed by atoms with Gasteiger partial charge in [0.1, 0.15) is 6.61 Å². The van der Waals surface area contributed by atoms with Gasteiger partial charge >= 0.3 is 5.97 Å². The molecule has 2 fully saturated rings. The molecule has 0 unspecified atom stereocenters. The molecule has 1 saturated carbocycles. The number of rotatable bonds is 0. The lowest BCUT2D eigenvalue weighted by Crippen LogP contribution is -2.36. The molecule has 12 heavy (non-hydrogen) atoms. The fourth-order valence-electron chi connectivity index (χ4n) is 2.28. The third-order valence-corrected chi connectivity index (χ3v) is 3.45. The molecule has 0 aromatic carbocycles. The van der Waals surface area contributed by atoms with E-state index in [1.807, 2.05) is 0 Å². The fourth-order valence-corrected chi connectivity index (χ4v) is 2.28. The molecule has 1 saturated heterocycles. The van der Waals surface area contributed by atoms with E-state index in [4.69, 9.17) is 4.74 Å². The summed E-state index contributed by atoms with van der Waals surface area (Å²) in [4.78, 5) is 11.0. The number of cyclic esters (lactones) is 1. The molecule has 2 heteroatoms. The van der Waals surface area contributed by atoms with Crippen molar-refractivity contribution in [2.75, 3.05) is 6.61 Å². The van der Waals surface area contributed by atoms with Gasteiger partial charge in [-0.2, -0.15) is 0 Å². The molecular weight excluding hydrogens is 152 g/mol. The van der Waals surface area contributed by atoms with Crippen LogP contribution in [0.3, 0.4) is 0 Å². The molecule has 0 N–H and O–H groups in total. The Kier molecular flexibility index (Phi) is 1.53.